The number of anilines is 2. The lowest BCUT2D eigenvalue weighted by Crippen LogP contribution is -2.31. The normalized spacial score (nSPS) is 11.4. The number of rotatable bonds is 4. The van der Waals surface area contributed by atoms with E-state index in [0.29, 0.717) is 11.4 Å². The van der Waals surface area contributed by atoms with Crippen LogP contribution in [-0.2, 0) is 4.79 Å². The van der Waals surface area contributed by atoms with Crippen molar-refractivity contribution in [3.63, 3.8) is 0 Å². The molecule has 120 valence electrons. The van der Waals surface area contributed by atoms with E-state index in [-0.39, 0.29) is 23.8 Å². The number of amides is 3. The molecule has 0 aliphatic heterocycles. The van der Waals surface area contributed by atoms with Crippen molar-refractivity contribution in [3.05, 3.63) is 59.9 Å². The van der Waals surface area contributed by atoms with Crippen molar-refractivity contribution < 1.29 is 14.0 Å². The minimum Gasteiger partial charge on any atom is -0.331 e. The number of halogens is 1. The summed E-state index contributed by atoms with van der Waals surface area (Å²) in [4.78, 5) is 22.9. The van der Waals surface area contributed by atoms with Crippen molar-refractivity contribution in [1.29, 1.82) is 0 Å². The van der Waals surface area contributed by atoms with E-state index in [1.807, 2.05) is 6.92 Å². The summed E-state index contributed by atoms with van der Waals surface area (Å²) in [5.74, 6) is -0.471. The van der Waals surface area contributed by atoms with Gasteiger partial charge in [-0.3, -0.25) is 4.79 Å². The van der Waals surface area contributed by atoms with E-state index in [4.69, 9.17) is 0 Å². The predicted octanol–water partition coefficient (Wildman–Crippen LogP) is 3.67. The topological polar surface area (TPSA) is 70.2 Å². The summed E-state index contributed by atoms with van der Waals surface area (Å²) in [6, 6.07) is 12.1. The van der Waals surface area contributed by atoms with Gasteiger partial charge in [-0.15, -0.1) is 0 Å². The third kappa shape index (κ3) is 5.10. The summed E-state index contributed by atoms with van der Waals surface area (Å²) in [6.07, 6.45) is 0. The van der Waals surface area contributed by atoms with Gasteiger partial charge >= 0.3 is 6.03 Å². The van der Waals surface area contributed by atoms with Crippen molar-refractivity contribution in [2.45, 2.75) is 19.9 Å². The zero-order valence-corrected chi connectivity index (χ0v) is 12.9. The van der Waals surface area contributed by atoms with Gasteiger partial charge in [-0.2, -0.15) is 0 Å². The summed E-state index contributed by atoms with van der Waals surface area (Å²) in [7, 11) is 0. The molecule has 0 bridgehead atoms. The Kier molecular flexibility index (Phi) is 5.30. The van der Waals surface area contributed by atoms with Crippen LogP contribution in [0.15, 0.2) is 48.5 Å². The van der Waals surface area contributed by atoms with E-state index in [2.05, 4.69) is 16.0 Å². The van der Waals surface area contributed by atoms with E-state index < -0.39 is 0 Å². The molecule has 2 rings (SSSR count). The average molecular weight is 315 g/mol. The highest BCUT2D eigenvalue weighted by Gasteiger charge is 2.09. The lowest BCUT2D eigenvalue weighted by Gasteiger charge is -2.15. The molecule has 1 atom stereocenters. The van der Waals surface area contributed by atoms with E-state index >= 15 is 0 Å². The Morgan fingerprint density at radius 3 is 1.96 bits per heavy atom. The molecule has 1 unspecified atom stereocenters. The predicted molar refractivity (Wildman–Crippen MR) is 87.7 cm³/mol. The van der Waals surface area contributed by atoms with Crippen molar-refractivity contribution in [1.82, 2.24) is 5.32 Å². The highest BCUT2D eigenvalue weighted by Crippen LogP contribution is 2.15. The highest BCUT2D eigenvalue weighted by atomic mass is 19.1. The molecule has 0 spiro atoms. The van der Waals surface area contributed by atoms with Crippen LogP contribution in [0.2, 0.25) is 0 Å². The molecule has 6 heteroatoms. The molecule has 2 aromatic rings. The second kappa shape index (κ2) is 7.40. The Hall–Kier alpha value is -2.89. The lowest BCUT2D eigenvalue weighted by atomic mass is 10.1. The quantitative estimate of drug-likeness (QED) is 0.805. The van der Waals surface area contributed by atoms with Crippen molar-refractivity contribution in [2.75, 3.05) is 10.6 Å². The molecular weight excluding hydrogens is 297 g/mol. The molecule has 0 aliphatic rings. The van der Waals surface area contributed by atoms with Gasteiger partial charge in [0.1, 0.15) is 5.82 Å². The Balaban J connectivity index is 1.91. The fourth-order valence-electron chi connectivity index (χ4n) is 2.04. The lowest BCUT2D eigenvalue weighted by molar-refractivity contribution is -0.114. The van der Waals surface area contributed by atoms with Crippen molar-refractivity contribution in [2.24, 2.45) is 0 Å². The first kappa shape index (κ1) is 16.5. The standard InChI is InChI=1S/C17H18FN3O2/c1-11(13-3-5-14(18)6-4-13)19-17(23)21-16-9-7-15(8-10-16)20-12(2)22/h3-11H,1-2H3,(H,20,22)(H2,19,21,23). The van der Waals surface area contributed by atoms with Crippen molar-refractivity contribution in [3.8, 4) is 0 Å². The summed E-state index contributed by atoms with van der Waals surface area (Å²) < 4.78 is 12.9. The monoisotopic (exact) mass is 315 g/mol. The molecule has 3 amide bonds. The molecule has 0 aliphatic carbocycles. The third-order valence-electron chi connectivity index (χ3n) is 3.18. The zero-order chi connectivity index (χ0) is 16.8. The first-order chi connectivity index (χ1) is 10.9. The molecule has 3 N–H and O–H groups in total. The van der Waals surface area contributed by atoms with Crippen LogP contribution >= 0.6 is 0 Å². The summed E-state index contributed by atoms with van der Waals surface area (Å²) in [5, 5.41) is 8.11. The number of nitrogens with one attached hydrogen (secondary N) is 3. The molecule has 2 aromatic carbocycles. The van der Waals surface area contributed by atoms with Gasteiger partial charge < -0.3 is 16.0 Å². The van der Waals surface area contributed by atoms with Gasteiger partial charge in [0.25, 0.3) is 0 Å². The molecule has 0 saturated carbocycles. The molecule has 23 heavy (non-hydrogen) atoms. The van der Waals surface area contributed by atoms with Gasteiger partial charge in [0.05, 0.1) is 6.04 Å². The number of hydrogen-bond acceptors (Lipinski definition) is 2. The Morgan fingerprint density at radius 1 is 0.913 bits per heavy atom. The highest BCUT2D eigenvalue weighted by molar-refractivity contribution is 5.91. The second-order valence-electron chi connectivity index (χ2n) is 5.13. The number of urea groups is 1. The molecule has 0 fully saturated rings. The van der Waals surface area contributed by atoms with Gasteiger partial charge in [0.2, 0.25) is 5.91 Å². The van der Waals surface area contributed by atoms with Crippen LogP contribution in [0.3, 0.4) is 0 Å². The smallest absolute Gasteiger partial charge is 0.319 e. The first-order valence-corrected chi connectivity index (χ1v) is 7.14. The maximum atomic E-state index is 12.9. The number of hydrogen-bond donors (Lipinski definition) is 3. The van der Waals surface area contributed by atoms with E-state index in [0.717, 1.165) is 5.56 Å². The Bertz CT molecular complexity index is 684. The van der Waals surface area contributed by atoms with Gasteiger partial charge in [-0.1, -0.05) is 12.1 Å². The van der Waals surface area contributed by atoms with Crippen LogP contribution in [0.1, 0.15) is 25.5 Å². The molecule has 0 aromatic heterocycles. The van der Waals surface area contributed by atoms with Crippen LogP contribution in [0.25, 0.3) is 0 Å². The van der Waals surface area contributed by atoms with Gasteiger partial charge in [0.15, 0.2) is 0 Å². The number of carbonyl (C=O) groups excluding carboxylic acids is 2. The molecule has 5 nitrogen and oxygen atoms in total. The van der Waals surface area contributed by atoms with Crippen LogP contribution in [0.4, 0.5) is 20.6 Å². The number of carbonyl (C=O) groups is 2. The van der Waals surface area contributed by atoms with E-state index in [1.165, 1.54) is 19.1 Å². The van der Waals surface area contributed by atoms with Gasteiger partial charge in [0, 0.05) is 18.3 Å². The summed E-state index contributed by atoms with van der Waals surface area (Å²) in [6.45, 7) is 3.24. The van der Waals surface area contributed by atoms with Crippen molar-refractivity contribution >= 4 is 23.3 Å². The maximum Gasteiger partial charge on any atom is 0.319 e. The van der Waals surface area contributed by atoms with Crippen LogP contribution in [0, 0.1) is 5.82 Å². The Labute approximate surface area is 133 Å². The van der Waals surface area contributed by atoms with E-state index in [1.54, 1.807) is 36.4 Å². The third-order valence-corrected chi connectivity index (χ3v) is 3.18. The fourth-order valence-corrected chi connectivity index (χ4v) is 2.04. The minimum absolute atomic E-state index is 0.156. The molecular formula is C17H18FN3O2. The second-order valence-corrected chi connectivity index (χ2v) is 5.13. The van der Waals surface area contributed by atoms with Gasteiger partial charge in [-0.05, 0) is 48.9 Å². The van der Waals surface area contributed by atoms with Crippen LogP contribution in [0.5, 0.6) is 0 Å². The van der Waals surface area contributed by atoms with Crippen LogP contribution < -0.4 is 16.0 Å². The summed E-state index contributed by atoms with van der Waals surface area (Å²) >= 11 is 0. The van der Waals surface area contributed by atoms with E-state index in [9.17, 15) is 14.0 Å². The largest absolute Gasteiger partial charge is 0.331 e. The SMILES string of the molecule is CC(=O)Nc1ccc(NC(=O)NC(C)c2ccc(F)cc2)cc1. The Morgan fingerprint density at radius 2 is 1.43 bits per heavy atom. The minimum atomic E-state index is -0.367. The van der Waals surface area contributed by atoms with Crippen LogP contribution in [-0.4, -0.2) is 11.9 Å². The zero-order valence-electron chi connectivity index (χ0n) is 12.9. The maximum absolute atomic E-state index is 12.9. The molecule has 0 saturated heterocycles. The summed E-state index contributed by atoms with van der Waals surface area (Å²) in [5.41, 5.74) is 2.06. The average Bonchev–Trinajstić information content (AvgIpc) is 2.49. The van der Waals surface area contributed by atoms with Gasteiger partial charge in [-0.25, -0.2) is 9.18 Å². The number of benzene rings is 2. The molecule has 0 heterocycles. The first-order valence-electron chi connectivity index (χ1n) is 7.14. The molecule has 0 radical (unpaired) electrons. The fraction of sp³-hybridized carbons (Fsp3) is 0.176.